The second kappa shape index (κ2) is 7.98. The Kier molecular flexibility index (Phi) is 6.97. The average Bonchev–Trinajstić information content (AvgIpc) is 2.34. The molecule has 1 N–H and O–H groups in total. The highest BCUT2D eigenvalue weighted by atomic mass is 32.2. The van der Waals surface area contributed by atoms with E-state index >= 15 is 0 Å². The molecule has 1 aliphatic heterocycles. The molecule has 1 atom stereocenters. The van der Waals surface area contributed by atoms with Crippen LogP contribution in [0.2, 0.25) is 0 Å². The van der Waals surface area contributed by atoms with Gasteiger partial charge in [-0.25, -0.2) is 0 Å². The SMILES string of the molecule is CCC1(C)CCSC(=NCCCCCOC)N1. The van der Waals surface area contributed by atoms with Gasteiger partial charge < -0.3 is 10.1 Å². The maximum atomic E-state index is 5.03. The summed E-state index contributed by atoms with van der Waals surface area (Å²) in [6.07, 6.45) is 5.92. The second-order valence-electron chi connectivity index (χ2n) is 4.88. The number of ether oxygens (including phenoxy) is 1. The molecule has 0 radical (unpaired) electrons. The van der Waals surface area contributed by atoms with Gasteiger partial charge in [0, 0.05) is 31.6 Å². The molecule has 1 saturated heterocycles. The standard InChI is InChI=1S/C13H26N2OS/c1-4-13(2)8-11-17-12(15-13)14-9-6-5-7-10-16-3/h4-11H2,1-3H3,(H,14,15). The van der Waals surface area contributed by atoms with Crippen LogP contribution in [0.3, 0.4) is 0 Å². The summed E-state index contributed by atoms with van der Waals surface area (Å²) in [5.74, 6) is 1.19. The highest BCUT2D eigenvalue weighted by molar-refractivity contribution is 8.13. The summed E-state index contributed by atoms with van der Waals surface area (Å²) in [5.41, 5.74) is 0.264. The van der Waals surface area contributed by atoms with Crippen LogP contribution in [-0.4, -0.2) is 36.7 Å². The molecule has 1 unspecified atom stereocenters. The number of unbranched alkanes of at least 4 members (excludes halogenated alkanes) is 2. The Balaban J connectivity index is 2.20. The number of hydrogen-bond donors (Lipinski definition) is 1. The summed E-state index contributed by atoms with van der Waals surface area (Å²) >= 11 is 1.86. The van der Waals surface area contributed by atoms with Crippen molar-refractivity contribution in [2.75, 3.05) is 26.0 Å². The number of methoxy groups -OCH3 is 1. The lowest BCUT2D eigenvalue weighted by molar-refractivity contribution is 0.192. The molecule has 0 spiro atoms. The molecule has 17 heavy (non-hydrogen) atoms. The minimum absolute atomic E-state index is 0.264. The van der Waals surface area contributed by atoms with Crippen molar-refractivity contribution >= 4 is 16.9 Å². The lowest BCUT2D eigenvalue weighted by Gasteiger charge is -2.35. The number of aliphatic imine (C=N–C) groups is 1. The van der Waals surface area contributed by atoms with Gasteiger partial charge in [-0.3, -0.25) is 4.99 Å². The zero-order valence-electron chi connectivity index (χ0n) is 11.4. The molecule has 1 rings (SSSR count). The van der Waals surface area contributed by atoms with Gasteiger partial charge in [-0.05, 0) is 39.0 Å². The largest absolute Gasteiger partial charge is 0.385 e. The van der Waals surface area contributed by atoms with Crippen molar-refractivity contribution in [3.63, 3.8) is 0 Å². The first-order valence-corrected chi connectivity index (χ1v) is 7.63. The first-order valence-electron chi connectivity index (χ1n) is 6.64. The summed E-state index contributed by atoms with van der Waals surface area (Å²) in [6.45, 7) is 6.35. The molecule has 0 aromatic rings. The lowest BCUT2D eigenvalue weighted by atomic mass is 9.96. The van der Waals surface area contributed by atoms with E-state index < -0.39 is 0 Å². The molecule has 1 heterocycles. The van der Waals surface area contributed by atoms with Crippen LogP contribution in [0, 0.1) is 0 Å². The predicted molar refractivity (Wildman–Crippen MR) is 76.9 cm³/mol. The van der Waals surface area contributed by atoms with Gasteiger partial charge in [-0.2, -0.15) is 0 Å². The van der Waals surface area contributed by atoms with Gasteiger partial charge in [0.25, 0.3) is 0 Å². The number of nitrogens with one attached hydrogen (secondary N) is 1. The van der Waals surface area contributed by atoms with Gasteiger partial charge in [0.1, 0.15) is 0 Å². The van der Waals surface area contributed by atoms with E-state index in [2.05, 4.69) is 24.2 Å². The fraction of sp³-hybridized carbons (Fsp3) is 0.923. The molecule has 100 valence electrons. The van der Waals surface area contributed by atoms with Crippen LogP contribution in [0.25, 0.3) is 0 Å². The highest BCUT2D eigenvalue weighted by Crippen LogP contribution is 2.24. The van der Waals surface area contributed by atoms with Crippen molar-refractivity contribution in [2.24, 2.45) is 4.99 Å². The third-order valence-corrected chi connectivity index (χ3v) is 4.26. The summed E-state index contributed by atoms with van der Waals surface area (Å²) < 4.78 is 5.03. The molecule has 0 aliphatic carbocycles. The molecule has 0 bridgehead atoms. The highest BCUT2D eigenvalue weighted by Gasteiger charge is 2.27. The molecule has 1 fully saturated rings. The normalized spacial score (nSPS) is 27.1. The Hall–Kier alpha value is -0.220. The Morgan fingerprint density at radius 2 is 2.24 bits per heavy atom. The Morgan fingerprint density at radius 1 is 1.41 bits per heavy atom. The van der Waals surface area contributed by atoms with Crippen molar-refractivity contribution in [3.8, 4) is 0 Å². The van der Waals surface area contributed by atoms with E-state index in [0.29, 0.717) is 0 Å². The number of hydrogen-bond acceptors (Lipinski definition) is 3. The lowest BCUT2D eigenvalue weighted by Crippen LogP contribution is -2.48. The van der Waals surface area contributed by atoms with Gasteiger partial charge in [-0.15, -0.1) is 0 Å². The van der Waals surface area contributed by atoms with Crippen LogP contribution in [0.1, 0.15) is 46.0 Å². The first kappa shape index (κ1) is 14.8. The molecule has 0 aromatic heterocycles. The molecule has 0 saturated carbocycles. The van der Waals surface area contributed by atoms with Crippen LogP contribution in [-0.2, 0) is 4.74 Å². The zero-order valence-corrected chi connectivity index (χ0v) is 12.2. The van der Waals surface area contributed by atoms with E-state index in [-0.39, 0.29) is 5.54 Å². The molecule has 0 amide bonds. The maximum absolute atomic E-state index is 5.03. The molecular formula is C13H26N2OS. The minimum atomic E-state index is 0.264. The van der Waals surface area contributed by atoms with Crippen LogP contribution in [0.15, 0.2) is 4.99 Å². The molecule has 1 aliphatic rings. The summed E-state index contributed by atoms with van der Waals surface area (Å²) in [6, 6.07) is 0. The number of thioether (sulfide) groups is 1. The van der Waals surface area contributed by atoms with E-state index in [0.717, 1.165) is 31.2 Å². The molecule has 4 heteroatoms. The molecule has 3 nitrogen and oxygen atoms in total. The average molecular weight is 258 g/mol. The van der Waals surface area contributed by atoms with E-state index in [1.807, 2.05) is 11.8 Å². The summed E-state index contributed by atoms with van der Waals surface area (Å²) in [7, 11) is 1.76. The third-order valence-electron chi connectivity index (χ3n) is 3.34. The van der Waals surface area contributed by atoms with Crippen molar-refractivity contribution in [2.45, 2.75) is 51.5 Å². The maximum Gasteiger partial charge on any atom is 0.156 e. The van der Waals surface area contributed by atoms with Gasteiger partial charge in [-0.1, -0.05) is 18.7 Å². The topological polar surface area (TPSA) is 33.6 Å². The number of nitrogens with zero attached hydrogens (tertiary/aromatic N) is 1. The fourth-order valence-corrected chi connectivity index (χ4v) is 3.04. The van der Waals surface area contributed by atoms with E-state index in [1.165, 1.54) is 25.0 Å². The van der Waals surface area contributed by atoms with Crippen molar-refractivity contribution in [1.29, 1.82) is 0 Å². The van der Waals surface area contributed by atoms with Crippen molar-refractivity contribution in [1.82, 2.24) is 5.32 Å². The van der Waals surface area contributed by atoms with Gasteiger partial charge in [0.05, 0.1) is 0 Å². The smallest absolute Gasteiger partial charge is 0.156 e. The summed E-state index contributed by atoms with van der Waals surface area (Å²) in [5, 5.41) is 4.72. The van der Waals surface area contributed by atoms with Crippen LogP contribution in [0.4, 0.5) is 0 Å². The number of rotatable bonds is 7. The minimum Gasteiger partial charge on any atom is -0.385 e. The Labute approximate surface area is 110 Å². The van der Waals surface area contributed by atoms with Gasteiger partial charge in [0.15, 0.2) is 5.17 Å². The Morgan fingerprint density at radius 3 is 2.94 bits per heavy atom. The van der Waals surface area contributed by atoms with Crippen molar-refractivity contribution < 1.29 is 4.74 Å². The first-order chi connectivity index (χ1) is 8.20. The fourth-order valence-electron chi connectivity index (χ4n) is 1.80. The second-order valence-corrected chi connectivity index (χ2v) is 5.96. The summed E-state index contributed by atoms with van der Waals surface area (Å²) in [4.78, 5) is 4.65. The predicted octanol–water partition coefficient (Wildman–Crippen LogP) is 3.05. The quantitative estimate of drug-likeness (QED) is 0.713. The Bertz CT molecular complexity index is 246. The van der Waals surface area contributed by atoms with Crippen molar-refractivity contribution in [3.05, 3.63) is 0 Å². The van der Waals surface area contributed by atoms with Crippen LogP contribution >= 0.6 is 11.8 Å². The monoisotopic (exact) mass is 258 g/mol. The number of amidine groups is 1. The molecular weight excluding hydrogens is 232 g/mol. The van der Waals surface area contributed by atoms with E-state index in [9.17, 15) is 0 Å². The van der Waals surface area contributed by atoms with E-state index in [4.69, 9.17) is 4.74 Å². The third kappa shape index (κ3) is 5.77. The van der Waals surface area contributed by atoms with Crippen LogP contribution in [0.5, 0.6) is 0 Å². The zero-order chi connectivity index (χ0) is 12.6. The molecule has 0 aromatic carbocycles. The van der Waals surface area contributed by atoms with Crippen LogP contribution < -0.4 is 5.32 Å². The van der Waals surface area contributed by atoms with E-state index in [1.54, 1.807) is 7.11 Å². The van der Waals surface area contributed by atoms with Gasteiger partial charge >= 0.3 is 0 Å². The van der Waals surface area contributed by atoms with Gasteiger partial charge in [0.2, 0.25) is 0 Å².